The number of rotatable bonds is 3. The molecule has 3 N–H and O–H groups in total. The normalized spacial score (nSPS) is 17.1. The van der Waals surface area contributed by atoms with Crippen LogP contribution < -0.4 is 5.73 Å². The van der Waals surface area contributed by atoms with Crippen molar-refractivity contribution < 1.29 is 4.79 Å². The van der Waals surface area contributed by atoms with Gasteiger partial charge in [0.25, 0.3) is 0 Å². The first kappa shape index (κ1) is 16.7. The van der Waals surface area contributed by atoms with Crippen molar-refractivity contribution in [1.82, 2.24) is 19.7 Å². The Kier molecular flexibility index (Phi) is 3.98. The maximum absolute atomic E-state index is 13.1. The van der Waals surface area contributed by atoms with Crippen molar-refractivity contribution in [1.29, 1.82) is 0 Å². The SMILES string of the molecule is Cc1cc(N)n(CC(=O)N2CCc3c([nH]c4ccccc34)[C@@H]2C(C)C)n1. The number of nitrogens with two attached hydrogens (primary N) is 1. The lowest BCUT2D eigenvalue weighted by molar-refractivity contribution is -0.136. The number of hydrogen-bond acceptors (Lipinski definition) is 3. The summed E-state index contributed by atoms with van der Waals surface area (Å²) in [6, 6.07) is 10.2. The second kappa shape index (κ2) is 6.20. The number of para-hydroxylation sites is 1. The van der Waals surface area contributed by atoms with Crippen LogP contribution >= 0.6 is 0 Å². The Morgan fingerprint density at radius 1 is 1.38 bits per heavy atom. The van der Waals surface area contributed by atoms with Gasteiger partial charge in [0.1, 0.15) is 12.4 Å². The number of fused-ring (bicyclic) bond motifs is 3. The molecule has 0 aliphatic carbocycles. The summed E-state index contributed by atoms with van der Waals surface area (Å²) in [6.07, 6.45) is 0.863. The molecule has 6 nitrogen and oxygen atoms in total. The van der Waals surface area contributed by atoms with Crippen molar-refractivity contribution >= 4 is 22.6 Å². The van der Waals surface area contributed by atoms with Gasteiger partial charge in [0.2, 0.25) is 5.91 Å². The fourth-order valence-electron chi connectivity index (χ4n) is 4.15. The van der Waals surface area contributed by atoms with E-state index in [1.54, 1.807) is 10.7 Å². The Balaban J connectivity index is 1.68. The molecular formula is C20H25N5O. The summed E-state index contributed by atoms with van der Waals surface area (Å²) in [4.78, 5) is 18.6. The van der Waals surface area contributed by atoms with Gasteiger partial charge in [-0.15, -0.1) is 0 Å². The van der Waals surface area contributed by atoms with Gasteiger partial charge in [-0.3, -0.25) is 4.79 Å². The van der Waals surface area contributed by atoms with E-state index in [0.29, 0.717) is 11.7 Å². The van der Waals surface area contributed by atoms with Crippen molar-refractivity contribution in [3.8, 4) is 0 Å². The van der Waals surface area contributed by atoms with E-state index in [2.05, 4.69) is 42.1 Å². The molecule has 3 heterocycles. The predicted molar refractivity (Wildman–Crippen MR) is 103 cm³/mol. The van der Waals surface area contributed by atoms with Gasteiger partial charge in [-0.1, -0.05) is 32.0 Å². The molecule has 26 heavy (non-hydrogen) atoms. The van der Waals surface area contributed by atoms with Gasteiger partial charge in [-0.25, -0.2) is 4.68 Å². The molecule has 2 aromatic heterocycles. The highest BCUT2D eigenvalue weighted by Gasteiger charge is 2.35. The van der Waals surface area contributed by atoms with Crippen LogP contribution in [0.25, 0.3) is 10.9 Å². The molecule has 0 bridgehead atoms. The van der Waals surface area contributed by atoms with Crippen LogP contribution in [-0.2, 0) is 17.8 Å². The Hall–Kier alpha value is -2.76. The third kappa shape index (κ3) is 2.66. The number of nitrogens with zero attached hydrogens (tertiary/aromatic N) is 3. The predicted octanol–water partition coefficient (Wildman–Crippen LogP) is 3.04. The lowest BCUT2D eigenvalue weighted by Crippen LogP contribution is -2.43. The fraction of sp³-hybridized carbons (Fsp3) is 0.400. The molecule has 136 valence electrons. The van der Waals surface area contributed by atoms with Crippen LogP contribution in [0.1, 0.15) is 36.8 Å². The van der Waals surface area contributed by atoms with Crippen LogP contribution in [0, 0.1) is 12.8 Å². The van der Waals surface area contributed by atoms with Gasteiger partial charge in [0, 0.05) is 29.2 Å². The van der Waals surface area contributed by atoms with E-state index in [4.69, 9.17) is 5.73 Å². The van der Waals surface area contributed by atoms with E-state index >= 15 is 0 Å². The number of carbonyl (C=O) groups is 1. The summed E-state index contributed by atoms with van der Waals surface area (Å²) in [7, 11) is 0. The molecule has 0 fully saturated rings. The summed E-state index contributed by atoms with van der Waals surface area (Å²) in [5, 5.41) is 5.60. The van der Waals surface area contributed by atoms with Crippen molar-refractivity contribution in [3.63, 3.8) is 0 Å². The molecule has 0 saturated carbocycles. The monoisotopic (exact) mass is 351 g/mol. The van der Waals surface area contributed by atoms with Gasteiger partial charge in [0.15, 0.2) is 0 Å². The molecule has 1 atom stereocenters. The largest absolute Gasteiger partial charge is 0.384 e. The second-order valence-corrected chi connectivity index (χ2v) is 7.46. The Labute approximate surface area is 153 Å². The van der Waals surface area contributed by atoms with Crippen molar-refractivity contribution in [2.24, 2.45) is 5.92 Å². The van der Waals surface area contributed by atoms with Gasteiger partial charge in [-0.05, 0) is 30.9 Å². The van der Waals surface area contributed by atoms with E-state index in [9.17, 15) is 4.79 Å². The van der Waals surface area contributed by atoms with E-state index in [0.717, 1.165) is 24.2 Å². The second-order valence-electron chi connectivity index (χ2n) is 7.46. The van der Waals surface area contributed by atoms with Gasteiger partial charge in [-0.2, -0.15) is 5.10 Å². The summed E-state index contributed by atoms with van der Waals surface area (Å²) in [5.74, 6) is 0.894. The number of aromatic amines is 1. The minimum absolute atomic E-state index is 0.0385. The molecule has 1 aliphatic heterocycles. The molecule has 4 rings (SSSR count). The minimum atomic E-state index is 0.0385. The number of anilines is 1. The average Bonchev–Trinajstić information content (AvgIpc) is 3.12. The zero-order chi connectivity index (χ0) is 18.4. The smallest absolute Gasteiger partial charge is 0.244 e. The summed E-state index contributed by atoms with van der Waals surface area (Å²) in [5.41, 5.74) is 10.5. The van der Waals surface area contributed by atoms with Crippen LogP contribution in [0.5, 0.6) is 0 Å². The van der Waals surface area contributed by atoms with E-state index in [1.807, 2.05) is 17.9 Å². The maximum Gasteiger partial charge on any atom is 0.244 e. The Morgan fingerprint density at radius 2 is 2.15 bits per heavy atom. The number of aromatic nitrogens is 3. The van der Waals surface area contributed by atoms with Crippen LogP contribution in [0.15, 0.2) is 30.3 Å². The molecule has 6 heteroatoms. The number of nitrogen functional groups attached to an aromatic ring is 1. The van der Waals surface area contributed by atoms with Crippen LogP contribution in [0.3, 0.4) is 0 Å². The topological polar surface area (TPSA) is 79.9 Å². The van der Waals surface area contributed by atoms with Crippen molar-refractivity contribution in [2.75, 3.05) is 12.3 Å². The standard InChI is InChI=1S/C20H25N5O/c1-12(2)20-19-15(14-6-4-5-7-16(14)22-19)8-9-24(20)18(26)11-25-17(21)10-13(3)23-25/h4-7,10,12,20,22H,8-9,11,21H2,1-3H3/t20-/m0/s1. The molecule has 0 radical (unpaired) electrons. The first-order chi connectivity index (χ1) is 12.5. The molecule has 0 saturated heterocycles. The zero-order valence-electron chi connectivity index (χ0n) is 15.5. The van der Waals surface area contributed by atoms with Gasteiger partial charge < -0.3 is 15.6 Å². The Bertz CT molecular complexity index is 968. The third-order valence-corrected chi connectivity index (χ3v) is 5.25. The van der Waals surface area contributed by atoms with E-state index in [1.165, 1.54) is 16.6 Å². The number of nitrogens with one attached hydrogen (secondary N) is 1. The fourth-order valence-corrected chi connectivity index (χ4v) is 4.15. The third-order valence-electron chi connectivity index (χ3n) is 5.25. The summed E-state index contributed by atoms with van der Waals surface area (Å²) >= 11 is 0. The lowest BCUT2D eigenvalue weighted by Gasteiger charge is -2.38. The van der Waals surface area contributed by atoms with Crippen molar-refractivity contribution in [3.05, 3.63) is 47.3 Å². The number of benzene rings is 1. The summed E-state index contributed by atoms with van der Waals surface area (Å²) < 4.78 is 1.59. The molecule has 1 aliphatic rings. The van der Waals surface area contributed by atoms with Crippen LogP contribution in [-0.4, -0.2) is 32.1 Å². The number of carbonyl (C=O) groups excluding carboxylic acids is 1. The quantitative estimate of drug-likeness (QED) is 0.761. The number of aryl methyl sites for hydroxylation is 1. The highest BCUT2D eigenvalue weighted by atomic mass is 16.2. The van der Waals surface area contributed by atoms with Crippen LogP contribution in [0.4, 0.5) is 5.82 Å². The number of amides is 1. The van der Waals surface area contributed by atoms with E-state index in [-0.39, 0.29) is 18.5 Å². The lowest BCUT2D eigenvalue weighted by atomic mass is 9.90. The molecule has 0 spiro atoms. The summed E-state index contributed by atoms with van der Waals surface area (Å²) in [6.45, 7) is 7.11. The highest BCUT2D eigenvalue weighted by molar-refractivity contribution is 5.86. The molecule has 1 aromatic carbocycles. The molecule has 0 unspecified atom stereocenters. The average molecular weight is 351 g/mol. The first-order valence-corrected chi connectivity index (χ1v) is 9.14. The molecular weight excluding hydrogens is 326 g/mol. The zero-order valence-corrected chi connectivity index (χ0v) is 15.5. The number of hydrogen-bond donors (Lipinski definition) is 2. The maximum atomic E-state index is 13.1. The van der Waals surface area contributed by atoms with Gasteiger partial charge >= 0.3 is 0 Å². The highest BCUT2D eigenvalue weighted by Crippen LogP contribution is 2.38. The molecule has 3 aromatic rings. The minimum Gasteiger partial charge on any atom is -0.384 e. The number of H-pyrrole nitrogens is 1. The Morgan fingerprint density at radius 3 is 2.85 bits per heavy atom. The van der Waals surface area contributed by atoms with Gasteiger partial charge in [0.05, 0.1) is 11.7 Å². The van der Waals surface area contributed by atoms with Crippen molar-refractivity contribution in [2.45, 2.75) is 39.8 Å². The first-order valence-electron chi connectivity index (χ1n) is 9.14. The van der Waals surface area contributed by atoms with E-state index < -0.39 is 0 Å². The molecule has 1 amide bonds. The van der Waals surface area contributed by atoms with Crippen LogP contribution in [0.2, 0.25) is 0 Å².